The summed E-state index contributed by atoms with van der Waals surface area (Å²) in [7, 11) is 1.46. The zero-order valence-corrected chi connectivity index (χ0v) is 16.0. The van der Waals surface area contributed by atoms with Gasteiger partial charge in [-0.05, 0) is 17.7 Å². The van der Waals surface area contributed by atoms with Gasteiger partial charge >= 0.3 is 0 Å². The zero-order valence-electron chi connectivity index (χ0n) is 16.0. The monoisotopic (exact) mass is 416 g/mol. The van der Waals surface area contributed by atoms with Crippen molar-refractivity contribution >= 4 is 6.08 Å². The molecule has 0 aliphatic carbocycles. The van der Waals surface area contributed by atoms with Gasteiger partial charge in [-0.2, -0.15) is 0 Å². The molecule has 0 amide bonds. The van der Waals surface area contributed by atoms with E-state index in [1.165, 1.54) is 7.11 Å². The van der Waals surface area contributed by atoms with Crippen LogP contribution < -0.4 is 9.47 Å². The van der Waals surface area contributed by atoms with Crippen LogP contribution in [0.4, 0.5) is 0 Å². The number of methoxy groups -OCH3 is 1. The second-order valence-corrected chi connectivity index (χ2v) is 6.45. The van der Waals surface area contributed by atoms with E-state index in [0.29, 0.717) is 11.5 Å². The van der Waals surface area contributed by atoms with E-state index in [1.807, 2.05) is 0 Å². The number of ether oxygens (including phenoxy) is 4. The molecule has 29 heavy (non-hydrogen) atoms. The quantitative estimate of drug-likeness (QED) is 0.258. The van der Waals surface area contributed by atoms with Gasteiger partial charge in [0, 0.05) is 0 Å². The molecular weight excluding hydrogens is 388 g/mol. The molecule has 1 heterocycles. The van der Waals surface area contributed by atoms with Gasteiger partial charge in [-0.15, -0.1) is 0 Å². The van der Waals surface area contributed by atoms with Gasteiger partial charge < -0.3 is 49.6 Å². The molecule has 6 N–H and O–H groups in total. The predicted octanol–water partition coefficient (Wildman–Crippen LogP) is -1.74. The Morgan fingerprint density at radius 3 is 2.45 bits per heavy atom. The van der Waals surface area contributed by atoms with Gasteiger partial charge in [-0.3, -0.25) is 0 Å². The second-order valence-electron chi connectivity index (χ2n) is 6.45. The van der Waals surface area contributed by atoms with Crippen LogP contribution in [0, 0.1) is 0 Å². The molecule has 164 valence electrons. The number of hydrogen-bond acceptors (Lipinski definition) is 10. The smallest absolute Gasteiger partial charge is 0.186 e. The highest BCUT2D eigenvalue weighted by Gasteiger charge is 2.44. The van der Waals surface area contributed by atoms with Crippen LogP contribution in [0.1, 0.15) is 5.56 Å². The molecule has 2 rings (SSSR count). The summed E-state index contributed by atoms with van der Waals surface area (Å²) in [6, 6.07) is 5.05. The first-order chi connectivity index (χ1) is 13.9. The molecule has 0 radical (unpaired) electrons. The summed E-state index contributed by atoms with van der Waals surface area (Å²) in [6.45, 7) is -1.30. The Morgan fingerprint density at radius 1 is 1.07 bits per heavy atom. The van der Waals surface area contributed by atoms with Crippen LogP contribution in [0.15, 0.2) is 24.3 Å². The third-order valence-electron chi connectivity index (χ3n) is 4.40. The van der Waals surface area contributed by atoms with Crippen LogP contribution in [0.2, 0.25) is 0 Å². The maximum absolute atomic E-state index is 9.99. The minimum atomic E-state index is -1.56. The van der Waals surface area contributed by atoms with Gasteiger partial charge in [0.2, 0.25) is 0 Å². The van der Waals surface area contributed by atoms with E-state index in [9.17, 15) is 25.5 Å². The average Bonchev–Trinajstić information content (AvgIpc) is 2.75. The fourth-order valence-electron chi connectivity index (χ4n) is 2.78. The maximum atomic E-state index is 9.99. The Morgan fingerprint density at radius 2 is 1.83 bits per heavy atom. The number of hydrogen-bond donors (Lipinski definition) is 6. The number of aliphatic hydroxyl groups is 6. The first-order valence-corrected chi connectivity index (χ1v) is 9.10. The Labute approximate surface area is 168 Å². The van der Waals surface area contributed by atoms with Crippen molar-refractivity contribution in [2.45, 2.75) is 36.8 Å². The van der Waals surface area contributed by atoms with Crippen LogP contribution in [-0.4, -0.2) is 101 Å². The van der Waals surface area contributed by atoms with E-state index >= 15 is 0 Å². The van der Waals surface area contributed by atoms with Crippen LogP contribution in [-0.2, 0) is 9.47 Å². The van der Waals surface area contributed by atoms with Crippen molar-refractivity contribution in [2.24, 2.45) is 0 Å². The molecule has 1 aliphatic heterocycles. The average molecular weight is 416 g/mol. The predicted molar refractivity (Wildman–Crippen MR) is 100 cm³/mol. The van der Waals surface area contributed by atoms with Crippen LogP contribution in [0.3, 0.4) is 0 Å². The summed E-state index contributed by atoms with van der Waals surface area (Å²) < 4.78 is 21.6. The first-order valence-electron chi connectivity index (χ1n) is 9.10. The molecule has 10 nitrogen and oxygen atoms in total. The molecule has 0 spiro atoms. The molecule has 6 unspecified atom stereocenters. The van der Waals surface area contributed by atoms with Crippen molar-refractivity contribution in [2.75, 3.05) is 33.5 Å². The third kappa shape index (κ3) is 6.11. The summed E-state index contributed by atoms with van der Waals surface area (Å²) in [4.78, 5) is 0. The molecule has 1 aliphatic rings. The van der Waals surface area contributed by atoms with Gasteiger partial charge in [0.25, 0.3) is 0 Å². The number of benzene rings is 1. The van der Waals surface area contributed by atoms with E-state index in [4.69, 9.17) is 24.1 Å². The SMILES string of the molecule is COc1cc(C=CCO)ccc1OC(CO)COC1OC(CO)C(O)C(O)C1O. The Bertz CT molecular complexity index is 650. The van der Waals surface area contributed by atoms with Gasteiger partial charge in [0.15, 0.2) is 17.8 Å². The highest BCUT2D eigenvalue weighted by Crippen LogP contribution is 2.30. The molecule has 1 aromatic carbocycles. The topological polar surface area (TPSA) is 158 Å². The zero-order chi connectivity index (χ0) is 21.4. The Hall–Kier alpha value is -1.76. The van der Waals surface area contributed by atoms with E-state index in [-0.39, 0.29) is 13.2 Å². The molecule has 1 saturated heterocycles. The van der Waals surface area contributed by atoms with Crippen molar-refractivity contribution in [3.8, 4) is 11.5 Å². The number of aliphatic hydroxyl groups excluding tert-OH is 6. The molecule has 1 fully saturated rings. The van der Waals surface area contributed by atoms with Crippen LogP contribution in [0.5, 0.6) is 11.5 Å². The second kappa shape index (κ2) is 11.4. The van der Waals surface area contributed by atoms with E-state index in [0.717, 1.165) is 5.56 Å². The van der Waals surface area contributed by atoms with Gasteiger partial charge in [-0.1, -0.05) is 18.2 Å². The highest BCUT2D eigenvalue weighted by molar-refractivity contribution is 5.55. The standard InChI is InChI=1S/C19H28O10/c1-26-14-7-11(3-2-6-20)4-5-13(14)28-12(8-21)10-27-19-18(25)17(24)16(23)15(9-22)29-19/h2-5,7,12,15-25H,6,8-10H2,1H3. The van der Waals surface area contributed by atoms with Crippen molar-refractivity contribution < 1.29 is 49.6 Å². The largest absolute Gasteiger partial charge is 0.493 e. The fourth-order valence-corrected chi connectivity index (χ4v) is 2.78. The lowest BCUT2D eigenvalue weighted by molar-refractivity contribution is -0.304. The minimum Gasteiger partial charge on any atom is -0.493 e. The van der Waals surface area contributed by atoms with Gasteiger partial charge in [-0.25, -0.2) is 0 Å². The summed E-state index contributed by atoms with van der Waals surface area (Å²) in [5, 5.41) is 57.2. The molecule has 10 heteroatoms. The summed E-state index contributed by atoms with van der Waals surface area (Å²) in [5.41, 5.74) is 0.779. The molecular formula is C19H28O10. The Kier molecular flexibility index (Phi) is 9.27. The number of rotatable bonds is 10. The van der Waals surface area contributed by atoms with E-state index in [2.05, 4.69) is 0 Å². The normalized spacial score (nSPS) is 28.4. The lowest BCUT2D eigenvalue weighted by Gasteiger charge is -2.39. The van der Waals surface area contributed by atoms with Gasteiger partial charge in [0.1, 0.15) is 30.5 Å². The first kappa shape index (κ1) is 23.5. The highest BCUT2D eigenvalue weighted by atomic mass is 16.7. The minimum absolute atomic E-state index is 0.0948. The fraction of sp³-hybridized carbons (Fsp3) is 0.579. The van der Waals surface area contributed by atoms with E-state index < -0.39 is 50.0 Å². The van der Waals surface area contributed by atoms with Crippen molar-refractivity contribution in [3.05, 3.63) is 29.8 Å². The maximum Gasteiger partial charge on any atom is 0.186 e. The van der Waals surface area contributed by atoms with Crippen molar-refractivity contribution in [1.82, 2.24) is 0 Å². The molecule has 0 bridgehead atoms. The summed E-state index contributed by atoms with van der Waals surface area (Å²) in [5.74, 6) is 0.737. The molecule has 0 aromatic heterocycles. The summed E-state index contributed by atoms with van der Waals surface area (Å²) in [6.07, 6.45) is -4.57. The summed E-state index contributed by atoms with van der Waals surface area (Å²) >= 11 is 0. The Balaban J connectivity index is 2.01. The third-order valence-corrected chi connectivity index (χ3v) is 4.40. The van der Waals surface area contributed by atoms with Crippen LogP contribution >= 0.6 is 0 Å². The lowest BCUT2D eigenvalue weighted by Crippen LogP contribution is -2.59. The molecule has 6 atom stereocenters. The molecule has 1 aromatic rings. The molecule has 0 saturated carbocycles. The van der Waals surface area contributed by atoms with Crippen molar-refractivity contribution in [1.29, 1.82) is 0 Å². The van der Waals surface area contributed by atoms with Crippen molar-refractivity contribution in [3.63, 3.8) is 0 Å². The lowest BCUT2D eigenvalue weighted by atomic mass is 9.99. The van der Waals surface area contributed by atoms with E-state index in [1.54, 1.807) is 30.4 Å². The van der Waals surface area contributed by atoms with Crippen LogP contribution in [0.25, 0.3) is 6.08 Å². The van der Waals surface area contributed by atoms with Gasteiger partial charge in [0.05, 0.1) is 33.5 Å².